The predicted molar refractivity (Wildman–Crippen MR) is 101 cm³/mol. The highest BCUT2D eigenvalue weighted by atomic mass is 35.5. The Balaban J connectivity index is 2.16. The number of aromatic nitrogens is 1. The first kappa shape index (κ1) is 17.4. The maximum atomic E-state index is 13.0. The Kier molecular flexibility index (Phi) is 5.31. The van der Waals surface area contributed by atoms with E-state index in [4.69, 9.17) is 11.6 Å². The van der Waals surface area contributed by atoms with E-state index in [1.165, 1.54) is 0 Å². The summed E-state index contributed by atoms with van der Waals surface area (Å²) in [5.41, 5.74) is 2.97. The van der Waals surface area contributed by atoms with E-state index in [2.05, 4.69) is 4.98 Å². The number of pyridine rings is 1. The number of carbonyl (C=O) groups excluding carboxylic acids is 1. The van der Waals surface area contributed by atoms with Gasteiger partial charge in [-0.05, 0) is 31.2 Å². The first-order valence-corrected chi connectivity index (χ1v) is 8.57. The van der Waals surface area contributed by atoms with Crippen LogP contribution in [0.3, 0.4) is 0 Å². The van der Waals surface area contributed by atoms with Gasteiger partial charge in [-0.15, -0.1) is 0 Å². The lowest BCUT2D eigenvalue weighted by molar-refractivity contribution is 0.0734. The maximum Gasteiger partial charge on any atom is 0.254 e. The van der Waals surface area contributed by atoms with E-state index in [0.29, 0.717) is 23.7 Å². The number of nitrogens with zero attached hydrogens (tertiary/aromatic N) is 2. The van der Waals surface area contributed by atoms with Crippen LogP contribution < -0.4 is 0 Å². The zero-order valence-electron chi connectivity index (χ0n) is 13.9. The van der Waals surface area contributed by atoms with Gasteiger partial charge in [0.1, 0.15) is 0 Å². The van der Waals surface area contributed by atoms with Crippen LogP contribution in [0.15, 0.2) is 54.6 Å². The van der Waals surface area contributed by atoms with Crippen LogP contribution in [0.4, 0.5) is 0 Å². The summed E-state index contributed by atoms with van der Waals surface area (Å²) in [7, 11) is 0. The number of aliphatic hydroxyl groups is 1. The van der Waals surface area contributed by atoms with Gasteiger partial charge < -0.3 is 10.0 Å². The first-order chi connectivity index (χ1) is 12.1. The zero-order valence-corrected chi connectivity index (χ0v) is 14.7. The molecule has 0 fully saturated rings. The molecule has 0 bridgehead atoms. The molecular weight excluding hydrogens is 336 g/mol. The largest absolute Gasteiger partial charge is 0.395 e. The Morgan fingerprint density at radius 2 is 1.88 bits per heavy atom. The summed E-state index contributed by atoms with van der Waals surface area (Å²) >= 11 is 5.97. The molecule has 0 saturated heterocycles. The number of likely N-dealkylation sites (N-methyl/N-ethyl adjacent to an activating group) is 1. The van der Waals surface area contributed by atoms with Gasteiger partial charge in [-0.2, -0.15) is 0 Å². The van der Waals surface area contributed by atoms with Crippen molar-refractivity contribution >= 4 is 28.4 Å². The quantitative estimate of drug-likeness (QED) is 0.753. The van der Waals surface area contributed by atoms with Gasteiger partial charge in [-0.3, -0.25) is 4.79 Å². The monoisotopic (exact) mass is 354 g/mol. The number of hydrogen-bond donors (Lipinski definition) is 1. The van der Waals surface area contributed by atoms with Crippen LogP contribution in [0.25, 0.3) is 22.2 Å². The van der Waals surface area contributed by atoms with E-state index in [0.717, 1.165) is 22.2 Å². The molecule has 1 amide bonds. The van der Waals surface area contributed by atoms with E-state index in [-0.39, 0.29) is 12.5 Å². The van der Waals surface area contributed by atoms with E-state index in [1.807, 2.05) is 49.4 Å². The lowest BCUT2D eigenvalue weighted by Gasteiger charge is -2.21. The summed E-state index contributed by atoms with van der Waals surface area (Å²) < 4.78 is 0. The molecule has 1 aromatic heterocycles. The molecule has 0 aliphatic carbocycles. The zero-order chi connectivity index (χ0) is 17.8. The summed E-state index contributed by atoms with van der Waals surface area (Å²) in [5.74, 6) is -0.106. The number of para-hydroxylation sites is 1. The van der Waals surface area contributed by atoms with Crippen molar-refractivity contribution in [3.05, 3.63) is 65.2 Å². The topological polar surface area (TPSA) is 53.4 Å². The minimum atomic E-state index is -0.106. The van der Waals surface area contributed by atoms with Gasteiger partial charge in [-0.1, -0.05) is 41.9 Å². The third-order valence-corrected chi connectivity index (χ3v) is 4.38. The Morgan fingerprint density at radius 3 is 2.56 bits per heavy atom. The average molecular weight is 355 g/mol. The molecule has 4 nitrogen and oxygen atoms in total. The molecule has 0 atom stereocenters. The van der Waals surface area contributed by atoms with Gasteiger partial charge in [-0.25, -0.2) is 4.98 Å². The summed E-state index contributed by atoms with van der Waals surface area (Å²) in [6, 6.07) is 16.8. The lowest BCUT2D eigenvalue weighted by Crippen LogP contribution is -2.33. The van der Waals surface area contributed by atoms with Crippen molar-refractivity contribution < 1.29 is 9.90 Å². The molecule has 25 heavy (non-hydrogen) atoms. The Hall–Kier alpha value is -2.43. The normalized spacial score (nSPS) is 10.8. The van der Waals surface area contributed by atoms with Crippen LogP contribution in [-0.4, -0.2) is 40.6 Å². The van der Waals surface area contributed by atoms with Gasteiger partial charge in [0.2, 0.25) is 0 Å². The number of hydrogen-bond acceptors (Lipinski definition) is 3. The predicted octanol–water partition coefficient (Wildman–Crippen LogP) is 4.01. The highest BCUT2D eigenvalue weighted by Gasteiger charge is 2.18. The molecule has 0 spiro atoms. The van der Waals surface area contributed by atoms with Gasteiger partial charge in [0.25, 0.3) is 5.91 Å². The summed E-state index contributed by atoms with van der Waals surface area (Å²) in [5, 5.41) is 10.7. The molecule has 3 rings (SSSR count). The summed E-state index contributed by atoms with van der Waals surface area (Å²) in [6.45, 7) is 2.68. The molecule has 128 valence electrons. The van der Waals surface area contributed by atoms with Gasteiger partial charge in [0, 0.05) is 29.1 Å². The van der Waals surface area contributed by atoms with Crippen molar-refractivity contribution in [1.29, 1.82) is 0 Å². The SMILES string of the molecule is CCN(CCO)C(=O)c1cc(-c2ccc(Cl)cc2)nc2ccccc12. The molecule has 2 aromatic carbocycles. The third-order valence-electron chi connectivity index (χ3n) is 4.13. The highest BCUT2D eigenvalue weighted by Crippen LogP contribution is 2.26. The number of fused-ring (bicyclic) bond motifs is 1. The Labute approximate surface area is 151 Å². The molecule has 0 aliphatic heterocycles. The van der Waals surface area contributed by atoms with Crippen molar-refractivity contribution in [2.45, 2.75) is 6.92 Å². The Bertz CT molecular complexity index is 894. The maximum absolute atomic E-state index is 13.0. The van der Waals surface area contributed by atoms with E-state index in [9.17, 15) is 9.90 Å². The van der Waals surface area contributed by atoms with Crippen molar-refractivity contribution in [1.82, 2.24) is 9.88 Å². The number of carbonyl (C=O) groups is 1. The van der Waals surface area contributed by atoms with E-state index < -0.39 is 0 Å². The molecule has 3 aromatic rings. The van der Waals surface area contributed by atoms with Crippen molar-refractivity contribution in [2.75, 3.05) is 19.7 Å². The third kappa shape index (κ3) is 3.65. The number of aliphatic hydroxyl groups excluding tert-OH is 1. The highest BCUT2D eigenvalue weighted by molar-refractivity contribution is 6.30. The molecule has 0 unspecified atom stereocenters. The molecule has 0 saturated carbocycles. The number of benzene rings is 2. The fourth-order valence-corrected chi connectivity index (χ4v) is 2.94. The molecule has 5 heteroatoms. The molecule has 0 aliphatic rings. The second kappa shape index (κ2) is 7.64. The van der Waals surface area contributed by atoms with Crippen molar-refractivity contribution in [2.24, 2.45) is 0 Å². The van der Waals surface area contributed by atoms with E-state index >= 15 is 0 Å². The van der Waals surface area contributed by atoms with Crippen LogP contribution >= 0.6 is 11.6 Å². The summed E-state index contributed by atoms with van der Waals surface area (Å²) in [4.78, 5) is 19.3. The fraction of sp³-hybridized carbons (Fsp3) is 0.200. The van der Waals surface area contributed by atoms with Crippen LogP contribution in [0.2, 0.25) is 5.02 Å². The fourth-order valence-electron chi connectivity index (χ4n) is 2.82. The van der Waals surface area contributed by atoms with Crippen molar-refractivity contribution in [3.8, 4) is 11.3 Å². The molecule has 1 N–H and O–H groups in total. The smallest absolute Gasteiger partial charge is 0.254 e. The number of halogens is 1. The minimum Gasteiger partial charge on any atom is -0.395 e. The second-order valence-corrected chi connectivity index (χ2v) is 6.12. The first-order valence-electron chi connectivity index (χ1n) is 8.20. The molecule has 0 radical (unpaired) electrons. The van der Waals surface area contributed by atoms with Gasteiger partial charge >= 0.3 is 0 Å². The van der Waals surface area contributed by atoms with Gasteiger partial charge in [0.05, 0.1) is 23.4 Å². The average Bonchev–Trinajstić information content (AvgIpc) is 2.65. The van der Waals surface area contributed by atoms with Crippen LogP contribution in [0, 0.1) is 0 Å². The minimum absolute atomic E-state index is 0.0629. The second-order valence-electron chi connectivity index (χ2n) is 5.69. The standard InChI is InChI=1S/C20H19ClN2O2/c1-2-23(11-12-24)20(25)17-13-19(14-7-9-15(21)10-8-14)22-18-6-4-3-5-16(17)18/h3-10,13,24H,2,11-12H2,1H3. The molecule has 1 heterocycles. The Morgan fingerprint density at radius 1 is 1.16 bits per heavy atom. The van der Waals surface area contributed by atoms with Crippen LogP contribution in [-0.2, 0) is 0 Å². The van der Waals surface area contributed by atoms with Crippen molar-refractivity contribution in [3.63, 3.8) is 0 Å². The molecular formula is C20H19ClN2O2. The number of amides is 1. The van der Waals surface area contributed by atoms with Crippen LogP contribution in [0.1, 0.15) is 17.3 Å². The van der Waals surface area contributed by atoms with Crippen LogP contribution in [0.5, 0.6) is 0 Å². The lowest BCUT2D eigenvalue weighted by atomic mass is 10.0. The summed E-state index contributed by atoms with van der Waals surface area (Å²) in [6.07, 6.45) is 0. The van der Waals surface area contributed by atoms with Gasteiger partial charge in [0.15, 0.2) is 0 Å². The van der Waals surface area contributed by atoms with E-state index in [1.54, 1.807) is 17.0 Å². The number of rotatable bonds is 5.